The van der Waals surface area contributed by atoms with Crippen molar-refractivity contribution >= 4 is 55.8 Å². The van der Waals surface area contributed by atoms with Gasteiger partial charge < -0.3 is 9.30 Å². The average molecular weight is 499 g/mol. The van der Waals surface area contributed by atoms with Crippen molar-refractivity contribution in [3.8, 4) is 5.75 Å². The lowest BCUT2D eigenvalue weighted by molar-refractivity contribution is -0.123. The molecule has 160 valence electrons. The van der Waals surface area contributed by atoms with Crippen molar-refractivity contribution in [1.82, 2.24) is 9.47 Å². The van der Waals surface area contributed by atoms with E-state index in [1.165, 1.54) is 4.90 Å². The van der Waals surface area contributed by atoms with Crippen LogP contribution in [-0.4, -0.2) is 33.3 Å². The number of halogens is 1. The number of aryl methyl sites for hydroxylation is 1. The number of rotatable bonds is 6. The molecule has 0 bridgehead atoms. The van der Waals surface area contributed by atoms with Crippen molar-refractivity contribution in [3.05, 3.63) is 69.2 Å². The highest BCUT2D eigenvalue weighted by molar-refractivity contribution is 9.10. The average Bonchev–Trinajstić information content (AvgIpc) is 3.19. The van der Waals surface area contributed by atoms with Crippen LogP contribution >= 0.6 is 27.7 Å². The minimum Gasteiger partial charge on any atom is -0.491 e. The molecule has 0 saturated carbocycles. The van der Waals surface area contributed by atoms with Gasteiger partial charge in [0.15, 0.2) is 0 Å². The van der Waals surface area contributed by atoms with Gasteiger partial charge in [0.2, 0.25) is 0 Å². The molecule has 0 aliphatic carbocycles. The molecule has 0 N–H and O–H groups in total. The molecule has 1 aliphatic heterocycles. The molecule has 2 heterocycles. The van der Waals surface area contributed by atoms with Crippen LogP contribution < -0.4 is 4.74 Å². The normalized spacial score (nSPS) is 15.6. The van der Waals surface area contributed by atoms with E-state index in [1.807, 2.05) is 75.5 Å². The number of amides is 2. The molecule has 1 fully saturated rings. The number of fused-ring (bicyclic) bond motifs is 1. The summed E-state index contributed by atoms with van der Waals surface area (Å²) >= 11 is 4.54. The van der Waals surface area contributed by atoms with Crippen molar-refractivity contribution in [2.45, 2.75) is 33.4 Å². The van der Waals surface area contributed by atoms with Gasteiger partial charge in [-0.2, -0.15) is 0 Å². The van der Waals surface area contributed by atoms with Crippen LogP contribution in [-0.2, 0) is 11.3 Å². The van der Waals surface area contributed by atoms with E-state index in [4.69, 9.17) is 4.74 Å². The number of carbonyl (C=O) groups excluding carboxylic acids is 2. The molecule has 0 radical (unpaired) electrons. The number of thioether (sulfide) groups is 1. The second kappa shape index (κ2) is 8.93. The van der Waals surface area contributed by atoms with Gasteiger partial charge in [0.05, 0.1) is 11.4 Å². The molecular weight excluding hydrogens is 476 g/mol. The van der Waals surface area contributed by atoms with E-state index in [9.17, 15) is 9.59 Å². The summed E-state index contributed by atoms with van der Waals surface area (Å²) in [6, 6.07) is 13.9. The maximum Gasteiger partial charge on any atom is 0.293 e. The molecule has 1 aromatic heterocycles. The minimum absolute atomic E-state index is 0.160. The summed E-state index contributed by atoms with van der Waals surface area (Å²) in [7, 11) is 0. The van der Waals surface area contributed by atoms with Crippen LogP contribution in [0.3, 0.4) is 0 Å². The van der Waals surface area contributed by atoms with Gasteiger partial charge in [0, 0.05) is 33.2 Å². The summed E-state index contributed by atoms with van der Waals surface area (Å²) < 4.78 is 9.05. The number of para-hydroxylation sites is 1. The summed E-state index contributed by atoms with van der Waals surface area (Å²) in [5.74, 6) is 0.646. The van der Waals surface area contributed by atoms with Crippen LogP contribution in [0.4, 0.5) is 4.79 Å². The molecule has 2 amide bonds. The molecule has 1 aliphatic rings. The Balaban J connectivity index is 1.63. The predicted octanol–water partition coefficient (Wildman–Crippen LogP) is 6.24. The monoisotopic (exact) mass is 498 g/mol. The zero-order chi connectivity index (χ0) is 22.1. The molecule has 0 atom stereocenters. The standard InChI is InChI=1S/C24H23BrN2O3S/c1-15(2)27-23(28)22(31-24(27)29)12-17-14-26(20-9-8-18(25)13-19(17)20)10-11-30-21-7-5-4-6-16(21)3/h4-9,12-15H,10-11H2,1-3H3/b22-12-. The fraction of sp³-hybridized carbons (Fsp3) is 0.250. The number of aromatic nitrogens is 1. The zero-order valence-corrected chi connectivity index (χ0v) is 20.0. The Morgan fingerprint density at radius 3 is 2.65 bits per heavy atom. The van der Waals surface area contributed by atoms with E-state index in [2.05, 4.69) is 20.5 Å². The van der Waals surface area contributed by atoms with Gasteiger partial charge in [-0.25, -0.2) is 0 Å². The van der Waals surface area contributed by atoms with E-state index in [-0.39, 0.29) is 17.2 Å². The molecule has 0 spiro atoms. The van der Waals surface area contributed by atoms with Gasteiger partial charge in [-0.05, 0) is 68.4 Å². The summed E-state index contributed by atoms with van der Waals surface area (Å²) in [6.45, 7) is 6.90. The lowest BCUT2D eigenvalue weighted by Gasteiger charge is -2.16. The molecular formula is C24H23BrN2O3S. The van der Waals surface area contributed by atoms with Crippen molar-refractivity contribution in [2.24, 2.45) is 0 Å². The second-order valence-corrected chi connectivity index (χ2v) is 9.61. The smallest absolute Gasteiger partial charge is 0.293 e. The van der Waals surface area contributed by atoms with Gasteiger partial charge in [-0.1, -0.05) is 34.1 Å². The first-order valence-electron chi connectivity index (χ1n) is 10.1. The van der Waals surface area contributed by atoms with Crippen LogP contribution in [0.2, 0.25) is 0 Å². The van der Waals surface area contributed by atoms with Gasteiger partial charge in [-0.3, -0.25) is 14.5 Å². The maximum atomic E-state index is 12.7. The Kier molecular flexibility index (Phi) is 6.25. The fourth-order valence-corrected chi connectivity index (χ4v) is 4.95. The van der Waals surface area contributed by atoms with Crippen LogP contribution in [0.15, 0.2) is 58.0 Å². The first kappa shape index (κ1) is 21.7. The Labute approximate surface area is 194 Å². The van der Waals surface area contributed by atoms with Crippen molar-refractivity contribution in [1.29, 1.82) is 0 Å². The van der Waals surface area contributed by atoms with Crippen molar-refractivity contribution in [3.63, 3.8) is 0 Å². The zero-order valence-electron chi connectivity index (χ0n) is 17.6. The van der Waals surface area contributed by atoms with Crippen molar-refractivity contribution < 1.29 is 14.3 Å². The fourth-order valence-electron chi connectivity index (χ4n) is 3.64. The highest BCUT2D eigenvalue weighted by atomic mass is 79.9. The van der Waals surface area contributed by atoms with Crippen LogP contribution in [0.25, 0.3) is 17.0 Å². The third kappa shape index (κ3) is 4.43. The SMILES string of the molecule is Cc1ccccc1OCCn1cc(/C=C2\SC(=O)N(C(C)C)C2=O)c2cc(Br)ccc21. The topological polar surface area (TPSA) is 51.5 Å². The van der Waals surface area contributed by atoms with E-state index < -0.39 is 0 Å². The Morgan fingerprint density at radius 2 is 1.94 bits per heavy atom. The largest absolute Gasteiger partial charge is 0.491 e. The van der Waals surface area contributed by atoms with E-state index in [0.29, 0.717) is 18.1 Å². The van der Waals surface area contributed by atoms with Gasteiger partial charge in [0.1, 0.15) is 12.4 Å². The third-order valence-electron chi connectivity index (χ3n) is 5.18. The quantitative estimate of drug-likeness (QED) is 0.377. The predicted molar refractivity (Wildman–Crippen MR) is 129 cm³/mol. The first-order valence-corrected chi connectivity index (χ1v) is 11.7. The molecule has 4 rings (SSSR count). The van der Waals surface area contributed by atoms with Gasteiger partial charge >= 0.3 is 0 Å². The molecule has 31 heavy (non-hydrogen) atoms. The Hall–Kier alpha value is -2.51. The van der Waals surface area contributed by atoms with Gasteiger partial charge in [-0.15, -0.1) is 0 Å². The molecule has 7 heteroatoms. The minimum atomic E-state index is -0.233. The van der Waals surface area contributed by atoms with E-state index in [0.717, 1.165) is 44.0 Å². The number of imide groups is 1. The number of ether oxygens (including phenoxy) is 1. The number of hydrogen-bond donors (Lipinski definition) is 0. The van der Waals surface area contributed by atoms with Crippen LogP contribution in [0, 0.1) is 6.92 Å². The molecule has 0 unspecified atom stereocenters. The summed E-state index contributed by atoms with van der Waals surface area (Å²) in [4.78, 5) is 26.7. The summed E-state index contributed by atoms with van der Waals surface area (Å²) in [5, 5.41) is 0.796. The van der Waals surface area contributed by atoms with Gasteiger partial charge in [0.25, 0.3) is 11.1 Å². The molecule has 1 saturated heterocycles. The van der Waals surface area contributed by atoms with E-state index >= 15 is 0 Å². The Morgan fingerprint density at radius 1 is 1.16 bits per heavy atom. The second-order valence-electron chi connectivity index (χ2n) is 7.70. The lowest BCUT2D eigenvalue weighted by atomic mass is 10.1. The number of benzene rings is 2. The highest BCUT2D eigenvalue weighted by Crippen LogP contribution is 2.35. The molecule has 3 aromatic rings. The summed E-state index contributed by atoms with van der Waals surface area (Å²) in [6.07, 6.45) is 3.84. The summed E-state index contributed by atoms with van der Waals surface area (Å²) in [5.41, 5.74) is 3.05. The molecule has 5 nitrogen and oxygen atoms in total. The third-order valence-corrected chi connectivity index (χ3v) is 6.56. The van der Waals surface area contributed by atoms with Crippen molar-refractivity contribution in [2.75, 3.05) is 6.61 Å². The Bertz CT molecular complexity index is 1200. The van der Waals surface area contributed by atoms with E-state index in [1.54, 1.807) is 0 Å². The van der Waals surface area contributed by atoms with Crippen LogP contribution in [0.1, 0.15) is 25.0 Å². The number of nitrogens with zero attached hydrogens (tertiary/aromatic N) is 2. The highest BCUT2D eigenvalue weighted by Gasteiger charge is 2.36. The maximum absolute atomic E-state index is 12.7. The first-order chi connectivity index (χ1) is 14.8. The lowest BCUT2D eigenvalue weighted by Crippen LogP contribution is -2.34. The number of hydrogen-bond acceptors (Lipinski definition) is 4. The van der Waals surface area contributed by atoms with Crippen LogP contribution in [0.5, 0.6) is 5.75 Å². The number of carbonyl (C=O) groups is 2. The molecule has 2 aromatic carbocycles.